The van der Waals surface area contributed by atoms with Crippen molar-refractivity contribution in [3.8, 4) is 0 Å². The van der Waals surface area contributed by atoms with Crippen molar-refractivity contribution in [3.63, 3.8) is 0 Å². The van der Waals surface area contributed by atoms with E-state index in [1.54, 1.807) is 85.2 Å². The van der Waals surface area contributed by atoms with Crippen LogP contribution in [-0.4, -0.2) is 243 Å². The standard InChI is InChI=1S/C23H24ClFN4O3S.C21H22BrFN4O4S2.C21H19ClF2N4O4S2.C20H18ClF3N4O4S2/c1-2-32-23(30)19-18-12-15(28-6-8-31-9-7-28)13-29(18)21(22-26-5-10-33-22)27-20(19)16-4-3-14(25)11-17(16)24;1-4-31-21(28)17-16-10-13(26(2)33(3,29)30)11-27(16)19(20-24-7-8-32-20)25-18(17)14-6-5-12(23)9-15(14)22;1-2-32-21(29)17-16-10-13(27-34(30,31)8-5-23)11-28(16)19(20-25-6-7-33-20)26-18(17)14-4-3-12(24)9-15(14)22;1-2-32-19(29)15-14-8-11(27-34(30,31)20(23)24)9-28(14)17(18-25-5-6-33-18)26-16(15)12-4-3-10(22)7-13(12)21/h3-5,10-11,15,20H,2,6-9,12-13H2,1H3;5-9,13,18H,4,10-11H2,1-3H3;3-9,13,18,27H,2,10-11H2,1H3;3-7,11,16,20,27H,2,8-9H2,1H3/b;;8-5+;/t15-,20-;13-,18+;13-,18-;11-,16-/m0100/s1. The molecule has 13 heterocycles. The van der Waals surface area contributed by atoms with Crippen LogP contribution in [0.25, 0.3) is 0 Å². The number of nitrogens with zero attached hydrogens (tertiary/aromatic N) is 14. The second kappa shape index (κ2) is 43.4. The second-order valence-corrected chi connectivity index (χ2v) is 41.5. The highest BCUT2D eigenvalue weighted by Crippen LogP contribution is 2.49. The van der Waals surface area contributed by atoms with Gasteiger partial charge in [0.15, 0.2) is 43.4 Å². The third kappa shape index (κ3) is 22.3. The quantitative estimate of drug-likeness (QED) is 0.0305. The van der Waals surface area contributed by atoms with Crippen molar-refractivity contribution < 1.29 is 98.8 Å². The number of hydrogen-bond donors (Lipinski definition) is 2. The lowest BCUT2D eigenvalue weighted by Gasteiger charge is -2.33. The van der Waals surface area contributed by atoms with E-state index < -0.39 is 125 Å². The molecule has 4 aromatic heterocycles. The number of carbonyl (C=O) groups excluding carboxylic acids is 4. The molecule has 134 heavy (non-hydrogen) atoms. The first-order valence-corrected chi connectivity index (χ1v) is 51.7. The Morgan fingerprint density at radius 1 is 0.507 bits per heavy atom. The van der Waals surface area contributed by atoms with Gasteiger partial charge in [0.2, 0.25) is 20.0 Å². The molecule has 9 aliphatic heterocycles. The van der Waals surface area contributed by atoms with Crippen molar-refractivity contribution in [3.05, 3.63) is 261 Å². The molecule has 0 bridgehead atoms. The number of rotatable bonds is 25. The van der Waals surface area contributed by atoms with Crippen LogP contribution in [0.3, 0.4) is 0 Å². The maximum atomic E-state index is 13.8. The van der Waals surface area contributed by atoms with E-state index in [1.807, 2.05) is 20.4 Å². The van der Waals surface area contributed by atoms with E-state index in [2.05, 4.69) is 55.4 Å². The molecule has 0 radical (unpaired) electrons. The zero-order valence-electron chi connectivity index (χ0n) is 71.6. The molecule has 31 nitrogen and oxygen atoms in total. The molecular formula is C85H83BrCl3F7N16O15S7. The normalized spacial score (nSPS) is 21.3. The Hall–Kier alpha value is -9.63. The summed E-state index contributed by atoms with van der Waals surface area (Å²) >= 11 is 27.9. The second-order valence-electron chi connectivity index (χ2n) is 30.5. The number of nitrogens with one attached hydrogen (secondary N) is 2. The first kappa shape index (κ1) is 100. The number of halogens is 11. The fraction of sp³-hybridized carbons (Fsp3) is 0.365. The first-order valence-electron chi connectivity index (χ1n) is 41.3. The fourth-order valence-electron chi connectivity index (χ4n) is 16.5. The van der Waals surface area contributed by atoms with Crippen LogP contribution in [-0.2, 0) is 72.9 Å². The number of sulfonamides is 3. The molecule has 2 N–H and O–H groups in total. The van der Waals surface area contributed by atoms with Crippen molar-refractivity contribution >= 4 is 173 Å². The number of thiazole rings is 4. The smallest absolute Gasteiger partial charge is 0.350 e. The number of fused-ring (bicyclic) bond motifs is 4. The number of aliphatic imine (C=N–C) groups is 4. The Labute approximate surface area is 804 Å². The highest BCUT2D eigenvalue weighted by molar-refractivity contribution is 9.10. The van der Waals surface area contributed by atoms with Crippen LogP contribution in [0, 0.1) is 23.3 Å². The van der Waals surface area contributed by atoms with Crippen LogP contribution in [0.2, 0.25) is 15.1 Å². The lowest BCUT2D eigenvalue weighted by molar-refractivity contribution is -0.140. The third-order valence-electron chi connectivity index (χ3n) is 22.2. The predicted molar refractivity (Wildman–Crippen MR) is 494 cm³/mol. The molecular weight excluding hydrogens is 2030 g/mol. The minimum absolute atomic E-state index is 0.0241. The molecule has 0 amide bonds. The first-order chi connectivity index (χ1) is 64.0. The number of aromatic nitrogens is 4. The lowest BCUT2D eigenvalue weighted by atomic mass is 9.94. The van der Waals surface area contributed by atoms with Crippen LogP contribution in [0.1, 0.15) is 120 Å². The highest BCUT2D eigenvalue weighted by Gasteiger charge is 2.50. The van der Waals surface area contributed by atoms with Gasteiger partial charge < -0.3 is 43.3 Å². The fourth-order valence-corrected chi connectivity index (χ4v) is 22.7. The lowest BCUT2D eigenvalue weighted by Crippen LogP contribution is -2.45. The van der Waals surface area contributed by atoms with E-state index in [4.69, 9.17) is 73.5 Å². The number of benzene rings is 4. The molecule has 0 aliphatic carbocycles. The number of morpholine rings is 1. The summed E-state index contributed by atoms with van der Waals surface area (Å²) in [5, 5.41) is 10.3. The Balaban J connectivity index is 0.000000143. The summed E-state index contributed by atoms with van der Waals surface area (Å²) < 4.78 is 199. The molecule has 0 spiro atoms. The summed E-state index contributed by atoms with van der Waals surface area (Å²) in [6, 6.07) is 10.6. The molecule has 0 saturated carbocycles. The van der Waals surface area contributed by atoms with Gasteiger partial charge in [-0.3, -0.25) is 24.9 Å². The number of likely N-dealkylation sites (N-methyl/N-ethyl adjacent to an activating group) is 1. The molecule has 17 rings (SSSR count). The van der Waals surface area contributed by atoms with Gasteiger partial charge in [0.25, 0.3) is 10.0 Å². The average Bonchev–Trinajstić information content (AvgIpc) is 1.54. The van der Waals surface area contributed by atoms with Crippen molar-refractivity contribution in [1.29, 1.82) is 0 Å². The molecule has 0 unspecified atom stereocenters. The van der Waals surface area contributed by atoms with Crippen LogP contribution < -0.4 is 9.44 Å². The number of hydrogen-bond acceptors (Lipinski definition) is 32. The molecule has 4 aromatic carbocycles. The van der Waals surface area contributed by atoms with E-state index in [0.29, 0.717) is 138 Å². The monoisotopic (exact) mass is 2110 g/mol. The number of ether oxygens (including phenoxy) is 5. The SMILES string of the molecule is CCOC(=O)C1=C2C[C@@H](N(C)S(C)(=O)=O)CN2C(c2nccs2)=N[C@H]1c1ccc(F)cc1Br.CCOC(=O)C1=C2C[C@H](N3CCOCC3)CN2C(c2nccs2)=N[C@H]1c1ccc(F)cc1Cl.CCOC(=O)C1=C2C[C@H](NS(=O)(=O)/C=C/F)CN2C(c2nccs2)=N[C@H]1c1ccc(F)cc1Cl.CCOC(=O)C1=C2C[C@H](NS(=O)(=O)C(F)F)CN2C(c2nccs2)=N[C@H]1c1ccc(F)cc1Cl. The molecule has 5 saturated heterocycles. The van der Waals surface area contributed by atoms with Crippen LogP contribution in [0.4, 0.5) is 30.7 Å². The van der Waals surface area contributed by atoms with Crippen molar-refractivity contribution in [2.45, 2.75) is 107 Å². The van der Waals surface area contributed by atoms with Gasteiger partial charge in [-0.05, 0) is 81.8 Å². The van der Waals surface area contributed by atoms with E-state index >= 15 is 0 Å². The van der Waals surface area contributed by atoms with Gasteiger partial charge in [-0.25, -0.2) is 95.8 Å². The van der Waals surface area contributed by atoms with Crippen molar-refractivity contribution in [1.82, 2.24) is 58.2 Å². The van der Waals surface area contributed by atoms with Gasteiger partial charge in [-0.15, -0.1) is 45.3 Å². The topological polar surface area (TPSA) is 361 Å². The summed E-state index contributed by atoms with van der Waals surface area (Å²) in [4.78, 5) is 98.9. The van der Waals surface area contributed by atoms with E-state index in [-0.39, 0.29) is 90.9 Å². The third-order valence-corrected chi connectivity index (χ3v) is 30.6. The summed E-state index contributed by atoms with van der Waals surface area (Å²) in [5.41, 5.74) is 5.19. The Kier molecular flexibility index (Phi) is 32.5. The van der Waals surface area contributed by atoms with Crippen molar-refractivity contribution in [2.24, 2.45) is 20.0 Å². The number of carbonyl (C=O) groups is 4. The van der Waals surface area contributed by atoms with Crippen LogP contribution in [0.5, 0.6) is 0 Å². The van der Waals surface area contributed by atoms with E-state index in [9.17, 15) is 75.2 Å². The zero-order chi connectivity index (χ0) is 95.9. The Morgan fingerprint density at radius 2 is 0.843 bits per heavy atom. The molecule has 712 valence electrons. The van der Waals surface area contributed by atoms with Gasteiger partial charge in [-0.2, -0.15) is 13.1 Å². The summed E-state index contributed by atoms with van der Waals surface area (Å²) in [7, 11) is -10.9. The number of amidine groups is 4. The molecule has 8 aromatic rings. The number of esters is 4. The summed E-state index contributed by atoms with van der Waals surface area (Å²) in [6.07, 6.45) is 8.61. The molecule has 5 fully saturated rings. The largest absolute Gasteiger partial charge is 0.463 e. The van der Waals surface area contributed by atoms with Crippen LogP contribution >= 0.6 is 96.1 Å². The maximum Gasteiger partial charge on any atom is 0.350 e. The average molecular weight is 2110 g/mol. The van der Waals surface area contributed by atoms with E-state index in [0.717, 1.165) is 42.2 Å². The summed E-state index contributed by atoms with van der Waals surface area (Å²) in [5.74, 6) is -5.98. The van der Waals surface area contributed by atoms with Gasteiger partial charge in [0.05, 0.1) is 79.9 Å². The van der Waals surface area contributed by atoms with Gasteiger partial charge in [0, 0.05) is 201 Å². The summed E-state index contributed by atoms with van der Waals surface area (Å²) in [6.45, 7) is 11.5. The molecule has 49 heteroatoms. The molecule has 9 aliphatic rings. The highest BCUT2D eigenvalue weighted by atomic mass is 79.9. The predicted octanol–water partition coefficient (Wildman–Crippen LogP) is 14.1. The van der Waals surface area contributed by atoms with Crippen LogP contribution in [0.15, 0.2) is 200 Å². The minimum atomic E-state index is -4.89. The Bertz CT molecular complexity index is 6440. The van der Waals surface area contributed by atoms with Gasteiger partial charge >= 0.3 is 29.6 Å². The Morgan fingerprint density at radius 3 is 1.18 bits per heavy atom. The molecule has 8 atom stereocenters. The van der Waals surface area contributed by atoms with Gasteiger partial charge in [-0.1, -0.05) is 75.0 Å². The number of alkyl halides is 2. The van der Waals surface area contributed by atoms with Gasteiger partial charge in [0.1, 0.15) is 47.4 Å². The van der Waals surface area contributed by atoms with E-state index in [1.165, 1.54) is 105 Å². The zero-order valence-corrected chi connectivity index (χ0v) is 81.2. The minimum Gasteiger partial charge on any atom is -0.463 e. The van der Waals surface area contributed by atoms with Crippen molar-refractivity contribution in [2.75, 3.05) is 92.2 Å². The maximum absolute atomic E-state index is 13.8.